The van der Waals surface area contributed by atoms with Crippen molar-refractivity contribution < 1.29 is 23.8 Å². The molecule has 0 radical (unpaired) electrons. The number of carboxylic acids is 1. The lowest BCUT2D eigenvalue weighted by Crippen LogP contribution is -2.45. The zero-order valence-corrected chi connectivity index (χ0v) is 14.5. The first-order valence-corrected chi connectivity index (χ1v) is 8.90. The number of ether oxygens (including phenoxy) is 1. The summed E-state index contributed by atoms with van der Waals surface area (Å²) in [5.74, 6) is -1.98. The maximum absolute atomic E-state index is 14.1. The van der Waals surface area contributed by atoms with E-state index in [1.54, 1.807) is 17.0 Å². The highest BCUT2D eigenvalue weighted by Gasteiger charge is 2.48. The van der Waals surface area contributed by atoms with E-state index in [-0.39, 0.29) is 36.8 Å². The van der Waals surface area contributed by atoms with E-state index in [2.05, 4.69) is 0 Å². The normalized spacial score (nSPS) is 23.3. The molecule has 136 valence electrons. The van der Waals surface area contributed by atoms with Crippen LogP contribution in [0.4, 0.5) is 4.39 Å². The van der Waals surface area contributed by atoms with Gasteiger partial charge >= 0.3 is 5.97 Å². The average molecular weight is 370 g/mol. The van der Waals surface area contributed by atoms with Gasteiger partial charge in [0.1, 0.15) is 5.82 Å². The van der Waals surface area contributed by atoms with Crippen LogP contribution in [0.3, 0.4) is 0 Å². The first-order chi connectivity index (χ1) is 12.0. The van der Waals surface area contributed by atoms with Crippen LogP contribution in [0.1, 0.15) is 37.2 Å². The van der Waals surface area contributed by atoms with Crippen molar-refractivity contribution in [2.75, 3.05) is 19.8 Å². The number of hydrogen-bond acceptors (Lipinski definition) is 3. The van der Waals surface area contributed by atoms with Crippen LogP contribution in [0.5, 0.6) is 0 Å². The number of carbonyl (C=O) groups excluding carboxylic acids is 1. The van der Waals surface area contributed by atoms with E-state index < -0.39 is 11.8 Å². The van der Waals surface area contributed by atoms with Gasteiger partial charge in [-0.15, -0.1) is 0 Å². The van der Waals surface area contributed by atoms with Gasteiger partial charge in [-0.1, -0.05) is 17.7 Å². The molecule has 25 heavy (non-hydrogen) atoms. The van der Waals surface area contributed by atoms with E-state index in [1.165, 1.54) is 6.07 Å². The molecule has 1 N–H and O–H groups in total. The predicted octanol–water partition coefficient (Wildman–Crippen LogP) is 3.06. The minimum atomic E-state index is -0.936. The van der Waals surface area contributed by atoms with Crippen LogP contribution in [0.15, 0.2) is 18.2 Å². The maximum atomic E-state index is 14.1. The monoisotopic (exact) mass is 369 g/mol. The minimum Gasteiger partial charge on any atom is -0.481 e. The second kappa shape index (κ2) is 7.70. The zero-order valence-electron chi connectivity index (χ0n) is 13.8. The Bertz CT molecular complexity index is 642. The van der Waals surface area contributed by atoms with Crippen LogP contribution >= 0.6 is 11.6 Å². The van der Waals surface area contributed by atoms with E-state index >= 15 is 0 Å². The van der Waals surface area contributed by atoms with Gasteiger partial charge in [0.15, 0.2) is 0 Å². The fourth-order valence-electron chi connectivity index (χ4n) is 3.55. The van der Waals surface area contributed by atoms with Crippen molar-refractivity contribution in [3.8, 4) is 0 Å². The van der Waals surface area contributed by atoms with Gasteiger partial charge in [-0.2, -0.15) is 0 Å². The van der Waals surface area contributed by atoms with Crippen molar-refractivity contribution in [3.63, 3.8) is 0 Å². The fraction of sp³-hybridized carbons (Fsp3) is 0.556. The smallest absolute Gasteiger partial charge is 0.305 e. The molecule has 0 aromatic heterocycles. The summed E-state index contributed by atoms with van der Waals surface area (Å²) in [6.45, 7) is 1.30. The van der Waals surface area contributed by atoms with Crippen molar-refractivity contribution in [2.45, 2.75) is 37.6 Å². The molecular weight excluding hydrogens is 349 g/mol. The first kappa shape index (κ1) is 18.1. The van der Waals surface area contributed by atoms with Crippen LogP contribution in [0, 0.1) is 11.7 Å². The molecule has 2 atom stereocenters. The Morgan fingerprint density at radius 2 is 2.04 bits per heavy atom. The second-order valence-corrected chi connectivity index (χ2v) is 7.01. The molecule has 0 spiro atoms. The third kappa shape index (κ3) is 4.12. The molecular formula is C18H21ClFNO4. The molecule has 0 bridgehead atoms. The highest BCUT2D eigenvalue weighted by molar-refractivity contribution is 6.31. The Morgan fingerprint density at radius 1 is 1.32 bits per heavy atom. The largest absolute Gasteiger partial charge is 0.481 e. The Kier molecular flexibility index (Phi) is 5.59. The van der Waals surface area contributed by atoms with E-state index in [4.69, 9.17) is 21.4 Å². The summed E-state index contributed by atoms with van der Waals surface area (Å²) in [7, 11) is 0. The van der Waals surface area contributed by atoms with Crippen molar-refractivity contribution in [2.24, 2.45) is 5.92 Å². The van der Waals surface area contributed by atoms with Crippen molar-refractivity contribution in [1.29, 1.82) is 0 Å². The molecule has 5 nitrogen and oxygen atoms in total. The van der Waals surface area contributed by atoms with E-state index in [0.29, 0.717) is 43.1 Å². The third-order valence-corrected chi connectivity index (χ3v) is 5.29. The summed E-state index contributed by atoms with van der Waals surface area (Å²) in [4.78, 5) is 25.6. The molecule has 1 aliphatic carbocycles. The summed E-state index contributed by atoms with van der Waals surface area (Å²) in [5.41, 5.74) is 0.396. The molecule has 7 heteroatoms. The van der Waals surface area contributed by atoms with Gasteiger partial charge in [-0.25, -0.2) is 4.39 Å². The Hall–Kier alpha value is -1.66. The number of halogens is 2. The lowest BCUT2D eigenvalue weighted by atomic mass is 10.0. The molecule has 3 rings (SSSR count). The van der Waals surface area contributed by atoms with Crippen LogP contribution in [-0.4, -0.2) is 47.7 Å². The van der Waals surface area contributed by atoms with Gasteiger partial charge in [0.05, 0.1) is 6.42 Å². The third-order valence-electron chi connectivity index (χ3n) is 4.96. The van der Waals surface area contributed by atoms with Gasteiger partial charge in [0, 0.05) is 48.2 Å². The number of rotatable bonds is 6. The standard InChI is InChI=1S/C18H21ClFNO4/c19-14-2-1-3-15(20)17(14)12-10-13(12)18(24)21(7-4-16(22)23)11-5-8-25-9-6-11/h1-3,11-13H,4-10H2,(H,22,23)/t12-,13-/m0/s1. The highest BCUT2D eigenvalue weighted by atomic mass is 35.5. The highest BCUT2D eigenvalue weighted by Crippen LogP contribution is 2.51. The maximum Gasteiger partial charge on any atom is 0.305 e. The van der Waals surface area contributed by atoms with Crippen LogP contribution in [0.2, 0.25) is 5.02 Å². The molecule has 2 aliphatic rings. The van der Waals surface area contributed by atoms with Crippen molar-refractivity contribution >= 4 is 23.5 Å². The summed E-state index contributed by atoms with van der Waals surface area (Å²) in [6.07, 6.45) is 1.85. The van der Waals surface area contributed by atoms with Gasteiger partial charge in [-0.05, 0) is 31.4 Å². The molecule has 1 saturated heterocycles. The van der Waals surface area contributed by atoms with Gasteiger partial charge in [0.25, 0.3) is 0 Å². The van der Waals surface area contributed by atoms with E-state index in [9.17, 15) is 14.0 Å². The summed E-state index contributed by atoms with van der Waals surface area (Å²) in [6, 6.07) is 4.50. The lowest BCUT2D eigenvalue weighted by Gasteiger charge is -2.34. The van der Waals surface area contributed by atoms with Crippen molar-refractivity contribution in [3.05, 3.63) is 34.6 Å². The Labute approximate surface area is 150 Å². The summed E-state index contributed by atoms with van der Waals surface area (Å²) in [5, 5.41) is 9.31. The first-order valence-electron chi connectivity index (χ1n) is 8.53. The SMILES string of the molecule is O=C(O)CCN(C(=O)[C@H]1C[C@@H]1c1c(F)cccc1Cl)C1CCOCC1. The Morgan fingerprint density at radius 3 is 2.68 bits per heavy atom. The molecule has 2 fully saturated rings. The minimum absolute atomic E-state index is 0.0158. The van der Waals surface area contributed by atoms with Crippen LogP contribution in [0.25, 0.3) is 0 Å². The molecule has 1 aromatic rings. The average Bonchev–Trinajstić information content (AvgIpc) is 3.36. The predicted molar refractivity (Wildman–Crippen MR) is 90.1 cm³/mol. The summed E-state index contributed by atoms with van der Waals surface area (Å²) < 4.78 is 19.4. The van der Waals surface area contributed by atoms with Gasteiger partial charge in [-0.3, -0.25) is 9.59 Å². The summed E-state index contributed by atoms with van der Waals surface area (Å²) >= 11 is 6.11. The number of benzene rings is 1. The number of carbonyl (C=O) groups is 2. The molecule has 0 unspecified atom stereocenters. The number of carboxylic acid groups (broad SMARTS) is 1. The van der Waals surface area contributed by atoms with Gasteiger partial charge < -0.3 is 14.7 Å². The number of amides is 1. The fourth-order valence-corrected chi connectivity index (χ4v) is 3.85. The number of hydrogen-bond donors (Lipinski definition) is 1. The van der Waals surface area contributed by atoms with E-state index in [1.807, 2.05) is 0 Å². The molecule has 1 amide bonds. The van der Waals surface area contributed by atoms with Crippen molar-refractivity contribution in [1.82, 2.24) is 4.90 Å². The van der Waals surface area contributed by atoms with E-state index in [0.717, 1.165) is 0 Å². The number of nitrogens with zero attached hydrogens (tertiary/aromatic N) is 1. The second-order valence-electron chi connectivity index (χ2n) is 6.60. The quantitative estimate of drug-likeness (QED) is 0.836. The molecule has 1 aliphatic heterocycles. The molecule has 1 aromatic carbocycles. The number of aliphatic carboxylic acids is 1. The Balaban J connectivity index is 1.73. The van der Waals surface area contributed by atoms with Crippen LogP contribution < -0.4 is 0 Å². The lowest BCUT2D eigenvalue weighted by molar-refractivity contribution is -0.141. The molecule has 1 heterocycles. The molecule has 1 saturated carbocycles. The zero-order chi connectivity index (χ0) is 18.0. The van der Waals surface area contributed by atoms with Gasteiger partial charge in [0.2, 0.25) is 5.91 Å². The topological polar surface area (TPSA) is 66.8 Å². The van der Waals surface area contributed by atoms with Crippen LogP contribution in [-0.2, 0) is 14.3 Å².